The van der Waals surface area contributed by atoms with Gasteiger partial charge in [0.05, 0.1) is 6.61 Å². The maximum atomic E-state index is 12.7. The summed E-state index contributed by atoms with van der Waals surface area (Å²) in [5.74, 6) is -0.437. The second-order valence-corrected chi connectivity index (χ2v) is 14.6. The summed E-state index contributed by atoms with van der Waals surface area (Å²) in [7, 11) is 0. The lowest BCUT2D eigenvalue weighted by Crippen LogP contribution is -2.30. The third kappa shape index (κ3) is 42.1. The molecule has 0 fully saturated rings. The molecule has 0 spiro atoms. The number of ether oxygens (including phenoxy) is 3. The molecule has 0 radical (unpaired) electrons. The predicted octanol–water partition coefficient (Wildman–Crippen LogP) is 14.8. The molecule has 5 nitrogen and oxygen atoms in total. The predicted molar refractivity (Wildman–Crippen MR) is 233 cm³/mol. The highest BCUT2D eigenvalue weighted by molar-refractivity contribution is 5.70. The van der Waals surface area contributed by atoms with Crippen molar-refractivity contribution in [3.05, 3.63) is 72.9 Å². The summed E-state index contributed by atoms with van der Waals surface area (Å²) >= 11 is 0. The number of hydrogen-bond donors (Lipinski definition) is 0. The fourth-order valence-corrected chi connectivity index (χ4v) is 5.89. The summed E-state index contributed by atoms with van der Waals surface area (Å²) < 4.78 is 17.2. The average Bonchev–Trinajstić information content (AvgIpc) is 3.17. The number of carbonyl (C=O) groups is 2. The lowest BCUT2D eigenvalue weighted by Gasteiger charge is -2.18. The van der Waals surface area contributed by atoms with E-state index in [-0.39, 0.29) is 25.2 Å². The average molecular weight is 753 g/mol. The van der Waals surface area contributed by atoms with Gasteiger partial charge in [-0.15, -0.1) is 0 Å². The Labute approximate surface area is 334 Å². The third-order valence-electron chi connectivity index (χ3n) is 9.21. The highest BCUT2D eigenvalue weighted by Crippen LogP contribution is 2.13. The highest BCUT2D eigenvalue weighted by Gasteiger charge is 2.17. The fourth-order valence-electron chi connectivity index (χ4n) is 5.89. The topological polar surface area (TPSA) is 61.8 Å². The molecule has 0 aromatic rings. The SMILES string of the molecule is CC/C=C\C/C=C\C/C=C\C/C=C\CCCCCOCC(COC(=O)CCCCCCC/C=C\C/C=C\CCC)OC(=O)CCCCCCCCCCC. The standard InChI is InChI=1S/C49H84O5/c1-4-7-10-13-16-19-21-23-24-25-27-29-32-35-38-41-44-52-45-47(54-49(51)43-40-37-34-30-18-15-12-9-6-3)46-53-48(50)42-39-36-33-31-28-26-22-20-17-14-11-8-5-2/h7,10-11,14,16,19-20,22-24,27,29,47H,4-6,8-9,12-13,15,17-18,21,25-26,28,30-46H2,1-3H3/b10-7-,14-11-,19-16-,22-20-,24-23-,29-27-. The van der Waals surface area contributed by atoms with Crippen LogP contribution >= 0.6 is 0 Å². The Morgan fingerprint density at radius 2 is 0.870 bits per heavy atom. The normalized spacial score (nSPS) is 12.9. The molecule has 0 aliphatic carbocycles. The molecule has 0 aliphatic heterocycles. The maximum Gasteiger partial charge on any atom is 0.306 e. The van der Waals surface area contributed by atoms with Crippen LogP contribution in [0, 0.1) is 0 Å². The first-order chi connectivity index (χ1) is 26.6. The molecule has 0 amide bonds. The van der Waals surface area contributed by atoms with E-state index in [2.05, 4.69) is 93.7 Å². The van der Waals surface area contributed by atoms with Gasteiger partial charge in [-0.1, -0.05) is 177 Å². The first-order valence-electron chi connectivity index (χ1n) is 22.5. The minimum absolute atomic E-state index is 0.0636. The van der Waals surface area contributed by atoms with Gasteiger partial charge >= 0.3 is 11.9 Å². The van der Waals surface area contributed by atoms with E-state index in [1.807, 2.05) is 0 Å². The molecular formula is C49H84O5. The molecule has 0 saturated carbocycles. The van der Waals surface area contributed by atoms with Crippen LogP contribution in [0.3, 0.4) is 0 Å². The van der Waals surface area contributed by atoms with Crippen molar-refractivity contribution in [2.24, 2.45) is 0 Å². The molecule has 0 aromatic carbocycles. The van der Waals surface area contributed by atoms with Gasteiger partial charge in [-0.25, -0.2) is 0 Å². The molecule has 0 N–H and O–H groups in total. The van der Waals surface area contributed by atoms with Crippen LogP contribution in [0.15, 0.2) is 72.9 Å². The Hall–Kier alpha value is -2.66. The van der Waals surface area contributed by atoms with Crippen molar-refractivity contribution in [2.75, 3.05) is 19.8 Å². The van der Waals surface area contributed by atoms with Crippen LogP contribution in [0.1, 0.15) is 201 Å². The number of hydrogen-bond acceptors (Lipinski definition) is 5. The van der Waals surface area contributed by atoms with E-state index in [0.717, 1.165) is 103 Å². The van der Waals surface area contributed by atoms with Gasteiger partial charge < -0.3 is 14.2 Å². The van der Waals surface area contributed by atoms with Gasteiger partial charge in [0.1, 0.15) is 6.61 Å². The van der Waals surface area contributed by atoms with Gasteiger partial charge in [-0.05, 0) is 83.5 Å². The van der Waals surface area contributed by atoms with E-state index >= 15 is 0 Å². The van der Waals surface area contributed by atoms with Gasteiger partial charge in [0.2, 0.25) is 0 Å². The minimum Gasteiger partial charge on any atom is -0.462 e. The van der Waals surface area contributed by atoms with E-state index < -0.39 is 6.10 Å². The van der Waals surface area contributed by atoms with Crippen LogP contribution in [0.25, 0.3) is 0 Å². The molecule has 0 heterocycles. The van der Waals surface area contributed by atoms with Gasteiger partial charge in [0.15, 0.2) is 6.10 Å². The molecule has 0 aromatic heterocycles. The minimum atomic E-state index is -0.556. The fraction of sp³-hybridized carbons (Fsp3) is 0.714. The van der Waals surface area contributed by atoms with Crippen molar-refractivity contribution in [1.29, 1.82) is 0 Å². The lowest BCUT2D eigenvalue weighted by atomic mass is 10.1. The monoisotopic (exact) mass is 753 g/mol. The van der Waals surface area contributed by atoms with E-state index in [1.165, 1.54) is 64.2 Å². The van der Waals surface area contributed by atoms with Crippen molar-refractivity contribution in [1.82, 2.24) is 0 Å². The zero-order valence-electron chi connectivity index (χ0n) is 35.5. The van der Waals surface area contributed by atoms with Crippen molar-refractivity contribution in [3.63, 3.8) is 0 Å². The van der Waals surface area contributed by atoms with Crippen molar-refractivity contribution in [2.45, 2.75) is 207 Å². The first kappa shape index (κ1) is 51.3. The Balaban J connectivity index is 4.31. The Kier molecular flexibility index (Phi) is 42.5. The second kappa shape index (κ2) is 44.7. The smallest absolute Gasteiger partial charge is 0.306 e. The van der Waals surface area contributed by atoms with Gasteiger partial charge in [-0.2, -0.15) is 0 Å². The summed E-state index contributed by atoms with van der Waals surface area (Å²) in [6, 6.07) is 0. The zero-order valence-corrected chi connectivity index (χ0v) is 35.5. The first-order valence-corrected chi connectivity index (χ1v) is 22.5. The van der Waals surface area contributed by atoms with Crippen molar-refractivity contribution < 1.29 is 23.8 Å². The summed E-state index contributed by atoms with van der Waals surface area (Å²) in [5, 5.41) is 0. The molecule has 0 aliphatic rings. The molecule has 5 heteroatoms. The molecule has 0 rings (SSSR count). The Morgan fingerprint density at radius 1 is 0.426 bits per heavy atom. The number of allylic oxidation sites excluding steroid dienone is 12. The number of carbonyl (C=O) groups excluding carboxylic acids is 2. The van der Waals surface area contributed by atoms with Crippen LogP contribution in [0.5, 0.6) is 0 Å². The van der Waals surface area contributed by atoms with Gasteiger partial charge in [-0.3, -0.25) is 9.59 Å². The van der Waals surface area contributed by atoms with E-state index in [9.17, 15) is 9.59 Å². The quantitative estimate of drug-likeness (QED) is 0.0354. The number of esters is 2. The Morgan fingerprint density at radius 3 is 1.41 bits per heavy atom. The lowest BCUT2D eigenvalue weighted by molar-refractivity contribution is -0.163. The summed E-state index contributed by atoms with van der Waals surface area (Å²) in [4.78, 5) is 25.2. The van der Waals surface area contributed by atoms with Crippen LogP contribution in [0.2, 0.25) is 0 Å². The largest absolute Gasteiger partial charge is 0.462 e. The summed E-state index contributed by atoms with van der Waals surface area (Å²) in [6.45, 7) is 7.54. The van der Waals surface area contributed by atoms with Gasteiger partial charge in [0.25, 0.3) is 0 Å². The number of rotatable bonds is 40. The molecule has 0 bridgehead atoms. The summed E-state index contributed by atoms with van der Waals surface area (Å²) in [5.41, 5.74) is 0. The van der Waals surface area contributed by atoms with Crippen LogP contribution in [0.4, 0.5) is 0 Å². The second-order valence-electron chi connectivity index (χ2n) is 14.6. The van der Waals surface area contributed by atoms with E-state index in [0.29, 0.717) is 19.4 Å². The van der Waals surface area contributed by atoms with Crippen molar-refractivity contribution >= 4 is 11.9 Å². The molecule has 0 saturated heterocycles. The van der Waals surface area contributed by atoms with Crippen LogP contribution in [-0.2, 0) is 23.8 Å². The van der Waals surface area contributed by atoms with Crippen LogP contribution < -0.4 is 0 Å². The highest BCUT2D eigenvalue weighted by atomic mass is 16.6. The van der Waals surface area contributed by atoms with E-state index in [1.54, 1.807) is 0 Å². The Bertz CT molecular complexity index is 988. The van der Waals surface area contributed by atoms with Crippen LogP contribution in [-0.4, -0.2) is 37.9 Å². The molecule has 310 valence electrons. The number of unbranched alkanes of at least 4 members (excludes halogenated alkanes) is 17. The van der Waals surface area contributed by atoms with Crippen molar-refractivity contribution in [3.8, 4) is 0 Å². The maximum absolute atomic E-state index is 12.7. The molecular weight excluding hydrogens is 669 g/mol. The zero-order chi connectivity index (χ0) is 39.3. The molecule has 1 unspecified atom stereocenters. The van der Waals surface area contributed by atoms with E-state index in [4.69, 9.17) is 14.2 Å². The summed E-state index contributed by atoms with van der Waals surface area (Å²) in [6.07, 6.45) is 56.2. The van der Waals surface area contributed by atoms with Gasteiger partial charge in [0, 0.05) is 19.4 Å². The molecule has 54 heavy (non-hydrogen) atoms. The molecule has 1 atom stereocenters. The third-order valence-corrected chi connectivity index (χ3v) is 9.21.